The van der Waals surface area contributed by atoms with Crippen molar-refractivity contribution >= 4 is 22.5 Å². The second-order valence-electron chi connectivity index (χ2n) is 6.86. The van der Waals surface area contributed by atoms with E-state index in [1.165, 1.54) is 12.7 Å². The molecule has 2 aromatic heterocycles. The Morgan fingerprint density at radius 2 is 1.86 bits per heavy atom. The van der Waals surface area contributed by atoms with Gasteiger partial charge in [0.15, 0.2) is 17.4 Å². The fourth-order valence-electron chi connectivity index (χ4n) is 3.09. The van der Waals surface area contributed by atoms with Crippen molar-refractivity contribution in [2.24, 2.45) is 0 Å². The van der Waals surface area contributed by atoms with Crippen molar-refractivity contribution in [2.75, 3.05) is 12.4 Å². The van der Waals surface area contributed by atoms with Crippen LogP contribution in [-0.2, 0) is 0 Å². The number of hydrogen-bond acceptors (Lipinski definition) is 4. The van der Waals surface area contributed by atoms with Gasteiger partial charge in [0.2, 0.25) is 0 Å². The predicted molar refractivity (Wildman–Crippen MR) is 110 cm³/mol. The van der Waals surface area contributed by atoms with E-state index in [0.29, 0.717) is 28.6 Å². The molecule has 5 nitrogen and oxygen atoms in total. The Kier molecular flexibility index (Phi) is 4.69. The highest BCUT2D eigenvalue weighted by Gasteiger charge is 2.16. The molecule has 28 heavy (non-hydrogen) atoms. The van der Waals surface area contributed by atoms with Crippen LogP contribution in [0, 0.1) is 5.82 Å². The number of H-pyrrole nitrogens is 1. The summed E-state index contributed by atoms with van der Waals surface area (Å²) in [5, 5.41) is 3.30. The van der Waals surface area contributed by atoms with E-state index in [1.807, 2.05) is 18.2 Å². The van der Waals surface area contributed by atoms with Crippen LogP contribution in [0.25, 0.3) is 22.4 Å². The van der Waals surface area contributed by atoms with Crippen molar-refractivity contribution in [3.8, 4) is 17.1 Å². The van der Waals surface area contributed by atoms with Crippen molar-refractivity contribution < 1.29 is 9.13 Å². The minimum atomic E-state index is -0.448. The standard InChI is InChI=1S/C22H21FN4O/c1-13(2)14-7-9-15(10-8-14)25-22-20-17(11-12-24-22)26-21(27-20)16-5-4-6-18(28-3)19(16)23/h4-13H,1-3H3,(H,24,25)(H,26,27). The van der Waals surface area contributed by atoms with E-state index >= 15 is 0 Å². The summed E-state index contributed by atoms with van der Waals surface area (Å²) in [6.07, 6.45) is 1.69. The van der Waals surface area contributed by atoms with E-state index in [4.69, 9.17) is 4.74 Å². The molecule has 2 heterocycles. The van der Waals surface area contributed by atoms with Gasteiger partial charge in [0.05, 0.1) is 18.2 Å². The zero-order chi connectivity index (χ0) is 19.7. The fourth-order valence-corrected chi connectivity index (χ4v) is 3.09. The quantitative estimate of drug-likeness (QED) is 0.473. The molecule has 0 aliphatic rings. The highest BCUT2D eigenvalue weighted by atomic mass is 19.1. The van der Waals surface area contributed by atoms with E-state index in [1.54, 1.807) is 24.4 Å². The maximum atomic E-state index is 14.6. The van der Waals surface area contributed by atoms with Gasteiger partial charge in [0, 0.05) is 11.9 Å². The number of methoxy groups -OCH3 is 1. The molecule has 142 valence electrons. The summed E-state index contributed by atoms with van der Waals surface area (Å²) in [6.45, 7) is 4.32. The van der Waals surface area contributed by atoms with Crippen LogP contribution in [0.1, 0.15) is 25.3 Å². The third kappa shape index (κ3) is 3.29. The lowest BCUT2D eigenvalue weighted by Crippen LogP contribution is -1.95. The highest BCUT2D eigenvalue weighted by Crippen LogP contribution is 2.31. The second-order valence-corrected chi connectivity index (χ2v) is 6.86. The Bertz CT molecular complexity index is 1120. The molecule has 4 rings (SSSR count). The molecule has 0 bridgehead atoms. The van der Waals surface area contributed by atoms with Crippen LogP contribution in [-0.4, -0.2) is 22.1 Å². The molecule has 0 radical (unpaired) electrons. The number of nitrogens with one attached hydrogen (secondary N) is 2. The largest absolute Gasteiger partial charge is 0.494 e. The molecule has 0 aliphatic carbocycles. The molecule has 0 aliphatic heterocycles. The van der Waals surface area contributed by atoms with Gasteiger partial charge in [0.25, 0.3) is 0 Å². The first-order chi connectivity index (χ1) is 13.6. The van der Waals surface area contributed by atoms with Crippen LogP contribution < -0.4 is 10.1 Å². The van der Waals surface area contributed by atoms with Gasteiger partial charge in [-0.15, -0.1) is 0 Å². The van der Waals surface area contributed by atoms with Crippen molar-refractivity contribution in [3.63, 3.8) is 0 Å². The fraction of sp³-hybridized carbons (Fsp3) is 0.182. The van der Waals surface area contributed by atoms with Crippen molar-refractivity contribution in [1.82, 2.24) is 15.0 Å². The Morgan fingerprint density at radius 1 is 1.07 bits per heavy atom. The molecule has 0 saturated carbocycles. The maximum absolute atomic E-state index is 14.6. The van der Waals surface area contributed by atoms with Gasteiger partial charge in [-0.2, -0.15) is 0 Å². The van der Waals surface area contributed by atoms with Crippen LogP contribution in [0.3, 0.4) is 0 Å². The number of pyridine rings is 1. The number of ether oxygens (including phenoxy) is 1. The number of rotatable bonds is 5. The maximum Gasteiger partial charge on any atom is 0.175 e. The molecule has 0 saturated heterocycles. The molecule has 2 N–H and O–H groups in total. The molecule has 0 unspecified atom stereocenters. The van der Waals surface area contributed by atoms with Crippen LogP contribution >= 0.6 is 0 Å². The minimum Gasteiger partial charge on any atom is -0.494 e. The highest BCUT2D eigenvalue weighted by molar-refractivity contribution is 5.90. The second kappa shape index (κ2) is 7.31. The minimum absolute atomic E-state index is 0.180. The topological polar surface area (TPSA) is 62.8 Å². The van der Waals surface area contributed by atoms with Gasteiger partial charge in [0.1, 0.15) is 11.3 Å². The lowest BCUT2D eigenvalue weighted by Gasteiger charge is -2.09. The van der Waals surface area contributed by atoms with Gasteiger partial charge in [-0.05, 0) is 41.8 Å². The first-order valence-corrected chi connectivity index (χ1v) is 9.11. The Morgan fingerprint density at radius 3 is 2.57 bits per heavy atom. The summed E-state index contributed by atoms with van der Waals surface area (Å²) in [5.74, 6) is 1.25. The SMILES string of the molecule is COc1cccc(-c2nc3c(Nc4ccc(C(C)C)cc4)nccc3[nH]2)c1F. The molecule has 0 atom stereocenters. The Labute approximate surface area is 162 Å². The number of imidazole rings is 1. The number of aromatic amines is 1. The van der Waals surface area contributed by atoms with E-state index in [9.17, 15) is 4.39 Å². The van der Waals surface area contributed by atoms with Gasteiger partial charge in [-0.25, -0.2) is 14.4 Å². The van der Waals surface area contributed by atoms with E-state index < -0.39 is 5.82 Å². The predicted octanol–water partition coefficient (Wildman–Crippen LogP) is 5.64. The molecule has 0 spiro atoms. The molecular formula is C22H21FN4O. The third-order valence-electron chi connectivity index (χ3n) is 4.68. The summed E-state index contributed by atoms with van der Waals surface area (Å²) in [4.78, 5) is 12.2. The molecule has 4 aromatic rings. The van der Waals surface area contributed by atoms with Gasteiger partial charge < -0.3 is 15.0 Å². The van der Waals surface area contributed by atoms with Gasteiger partial charge >= 0.3 is 0 Å². The summed E-state index contributed by atoms with van der Waals surface area (Å²) < 4.78 is 19.7. The average Bonchev–Trinajstić information content (AvgIpc) is 3.13. The smallest absolute Gasteiger partial charge is 0.175 e. The number of nitrogens with zero attached hydrogens (tertiary/aromatic N) is 2. The van der Waals surface area contributed by atoms with Crippen LogP contribution in [0.2, 0.25) is 0 Å². The van der Waals surface area contributed by atoms with E-state index in [2.05, 4.69) is 46.2 Å². The molecule has 6 heteroatoms. The number of benzene rings is 2. The van der Waals surface area contributed by atoms with Crippen LogP contribution in [0.4, 0.5) is 15.9 Å². The number of halogens is 1. The van der Waals surface area contributed by atoms with Crippen molar-refractivity contribution in [1.29, 1.82) is 0 Å². The number of fused-ring (bicyclic) bond motifs is 1. The molecule has 2 aromatic carbocycles. The van der Waals surface area contributed by atoms with Crippen LogP contribution in [0.15, 0.2) is 54.7 Å². The molecular weight excluding hydrogens is 355 g/mol. The summed E-state index contributed by atoms with van der Waals surface area (Å²) >= 11 is 0. The van der Waals surface area contributed by atoms with E-state index in [-0.39, 0.29) is 5.75 Å². The van der Waals surface area contributed by atoms with Crippen LogP contribution in [0.5, 0.6) is 5.75 Å². The average molecular weight is 376 g/mol. The zero-order valence-corrected chi connectivity index (χ0v) is 16.0. The van der Waals surface area contributed by atoms with Crippen molar-refractivity contribution in [2.45, 2.75) is 19.8 Å². The number of anilines is 2. The lowest BCUT2D eigenvalue weighted by atomic mass is 10.0. The Hall–Kier alpha value is -3.41. The Balaban J connectivity index is 1.71. The first kappa shape index (κ1) is 18.0. The number of hydrogen-bond donors (Lipinski definition) is 2. The summed E-state index contributed by atoms with van der Waals surface area (Å²) in [6, 6.07) is 15.0. The lowest BCUT2D eigenvalue weighted by molar-refractivity contribution is 0.387. The molecule has 0 fully saturated rings. The first-order valence-electron chi connectivity index (χ1n) is 9.11. The van der Waals surface area contributed by atoms with E-state index in [0.717, 1.165) is 11.2 Å². The van der Waals surface area contributed by atoms with Gasteiger partial charge in [-0.3, -0.25) is 0 Å². The number of aromatic nitrogens is 3. The third-order valence-corrected chi connectivity index (χ3v) is 4.68. The van der Waals surface area contributed by atoms with Crippen molar-refractivity contribution in [3.05, 3.63) is 66.1 Å². The summed E-state index contributed by atoms with van der Waals surface area (Å²) in [5.41, 5.74) is 3.96. The monoisotopic (exact) mass is 376 g/mol. The molecule has 0 amide bonds. The van der Waals surface area contributed by atoms with Gasteiger partial charge in [-0.1, -0.05) is 32.0 Å². The zero-order valence-electron chi connectivity index (χ0n) is 16.0. The normalized spacial score (nSPS) is 11.2. The summed E-state index contributed by atoms with van der Waals surface area (Å²) in [7, 11) is 1.44.